The number of fused-ring (bicyclic) bond motifs is 6. The van der Waals surface area contributed by atoms with Crippen molar-refractivity contribution in [2.75, 3.05) is 26.7 Å². The maximum absolute atomic E-state index is 5.44. The molecule has 5 rings (SSSR count). The molecule has 3 fully saturated rings. The van der Waals surface area contributed by atoms with Gasteiger partial charge in [0.2, 0.25) is 0 Å². The third kappa shape index (κ3) is 2.99. The predicted octanol–water partition coefficient (Wildman–Crippen LogP) is 4.09. The minimum Gasteiger partial charge on any atom is -0.497 e. The molecular formula is C23H32N2O. The fraction of sp³-hybridized carbons (Fsp3) is 0.652. The van der Waals surface area contributed by atoms with Crippen LogP contribution in [0.5, 0.6) is 5.75 Å². The smallest absolute Gasteiger partial charge is 0.119 e. The highest BCUT2D eigenvalue weighted by molar-refractivity contribution is 5.30. The molecule has 140 valence electrons. The molecule has 4 aliphatic rings. The van der Waals surface area contributed by atoms with Crippen molar-refractivity contribution in [3.8, 4) is 5.75 Å². The van der Waals surface area contributed by atoms with Crippen LogP contribution in [0, 0.1) is 11.8 Å². The summed E-state index contributed by atoms with van der Waals surface area (Å²) in [4.78, 5) is 5.61. The average Bonchev–Trinajstić information content (AvgIpc) is 2.68. The Hall–Kier alpha value is -1.32. The molecule has 0 aromatic heterocycles. The summed E-state index contributed by atoms with van der Waals surface area (Å²) in [5, 5.41) is 0. The van der Waals surface area contributed by atoms with Crippen LogP contribution in [0.4, 0.5) is 0 Å². The fourth-order valence-electron chi connectivity index (χ4n) is 6.27. The zero-order chi connectivity index (χ0) is 17.5. The summed E-state index contributed by atoms with van der Waals surface area (Å²) in [6.07, 6.45) is 11.1. The second kappa shape index (κ2) is 7.01. The minimum absolute atomic E-state index is 0.675. The normalized spacial score (nSPS) is 34.6. The number of rotatable bonds is 3. The largest absolute Gasteiger partial charge is 0.497 e. The zero-order valence-corrected chi connectivity index (χ0v) is 16.1. The van der Waals surface area contributed by atoms with Crippen LogP contribution in [0.1, 0.15) is 44.1 Å². The van der Waals surface area contributed by atoms with Crippen molar-refractivity contribution >= 4 is 0 Å². The average molecular weight is 353 g/mol. The number of benzene rings is 1. The van der Waals surface area contributed by atoms with Gasteiger partial charge in [0.25, 0.3) is 0 Å². The monoisotopic (exact) mass is 352 g/mol. The molecule has 3 nitrogen and oxygen atoms in total. The highest BCUT2D eigenvalue weighted by Crippen LogP contribution is 2.45. The topological polar surface area (TPSA) is 15.7 Å². The standard InChI is InChI=1S/C23H32N2O/c1-26-21-8-4-6-17(12-21)15-25-11-5-7-18-13-19-14-20(23(18)25)16-24-10-3-2-9-22(19)24/h4,6,8,12-13,19-20,22-23H,2-3,5,7,9-11,14-16H2,1H3/t19-,20+,22+,23+/m0/s1. The number of nitrogens with zero attached hydrogens (tertiary/aromatic N) is 2. The molecule has 4 atom stereocenters. The Morgan fingerprint density at radius 1 is 1.15 bits per heavy atom. The van der Waals surface area contributed by atoms with Gasteiger partial charge in [-0.05, 0) is 74.7 Å². The van der Waals surface area contributed by atoms with Crippen molar-refractivity contribution in [1.82, 2.24) is 9.80 Å². The van der Waals surface area contributed by atoms with E-state index in [1.165, 1.54) is 63.7 Å². The maximum atomic E-state index is 5.44. The highest BCUT2D eigenvalue weighted by atomic mass is 16.5. The molecule has 3 saturated heterocycles. The molecule has 0 amide bonds. The fourth-order valence-corrected chi connectivity index (χ4v) is 6.27. The summed E-state index contributed by atoms with van der Waals surface area (Å²) in [5.41, 5.74) is 3.16. The van der Waals surface area contributed by atoms with Gasteiger partial charge < -0.3 is 4.74 Å². The number of hydrogen-bond donors (Lipinski definition) is 0. The van der Waals surface area contributed by atoms with Crippen molar-refractivity contribution in [2.24, 2.45) is 11.8 Å². The number of hydrogen-bond acceptors (Lipinski definition) is 3. The molecule has 3 aliphatic heterocycles. The molecule has 0 unspecified atom stereocenters. The first-order valence-electron chi connectivity index (χ1n) is 10.6. The lowest BCUT2D eigenvalue weighted by Gasteiger charge is -2.54. The predicted molar refractivity (Wildman–Crippen MR) is 105 cm³/mol. The number of likely N-dealkylation sites (tertiary alicyclic amines) is 1. The molecule has 3 heterocycles. The molecule has 26 heavy (non-hydrogen) atoms. The van der Waals surface area contributed by atoms with Gasteiger partial charge >= 0.3 is 0 Å². The quantitative estimate of drug-likeness (QED) is 0.762. The second-order valence-electron chi connectivity index (χ2n) is 8.83. The first-order valence-corrected chi connectivity index (χ1v) is 10.6. The van der Waals surface area contributed by atoms with E-state index in [0.29, 0.717) is 6.04 Å². The second-order valence-corrected chi connectivity index (χ2v) is 8.83. The molecule has 0 radical (unpaired) electrons. The van der Waals surface area contributed by atoms with E-state index in [-0.39, 0.29) is 0 Å². The van der Waals surface area contributed by atoms with Gasteiger partial charge in [-0.1, -0.05) is 30.2 Å². The van der Waals surface area contributed by atoms with Crippen LogP contribution >= 0.6 is 0 Å². The highest BCUT2D eigenvalue weighted by Gasteiger charge is 2.45. The SMILES string of the molecule is COc1cccc(CN2CCCC3=C[C@H]4C[C@H](CN5CCCC[C@H]45)[C@@H]32)c1. The molecule has 1 aliphatic carbocycles. The van der Waals surface area contributed by atoms with E-state index >= 15 is 0 Å². The summed E-state index contributed by atoms with van der Waals surface area (Å²) >= 11 is 0. The first kappa shape index (κ1) is 16.8. The van der Waals surface area contributed by atoms with Gasteiger partial charge in [-0.15, -0.1) is 0 Å². The molecular weight excluding hydrogens is 320 g/mol. The summed E-state index contributed by atoms with van der Waals surface area (Å²) < 4.78 is 5.44. The number of piperidine rings is 3. The maximum Gasteiger partial charge on any atom is 0.119 e. The number of methoxy groups -OCH3 is 1. The van der Waals surface area contributed by atoms with E-state index in [4.69, 9.17) is 4.74 Å². The third-order valence-corrected chi connectivity index (χ3v) is 7.28. The molecule has 1 aromatic carbocycles. The van der Waals surface area contributed by atoms with Crippen LogP contribution < -0.4 is 4.74 Å². The van der Waals surface area contributed by atoms with Gasteiger partial charge in [0.1, 0.15) is 5.75 Å². The third-order valence-electron chi connectivity index (χ3n) is 7.28. The molecule has 0 N–H and O–H groups in total. The first-order chi connectivity index (χ1) is 12.8. The zero-order valence-electron chi connectivity index (χ0n) is 16.1. The van der Waals surface area contributed by atoms with Crippen LogP contribution in [-0.4, -0.2) is 48.6 Å². The van der Waals surface area contributed by atoms with Gasteiger partial charge in [-0.25, -0.2) is 0 Å². The lowest BCUT2D eigenvalue weighted by Crippen LogP contribution is -2.58. The molecule has 0 saturated carbocycles. The summed E-state index contributed by atoms with van der Waals surface area (Å²) in [6.45, 7) is 4.97. The lowest BCUT2D eigenvalue weighted by molar-refractivity contribution is -0.00265. The van der Waals surface area contributed by atoms with Crippen LogP contribution in [-0.2, 0) is 6.54 Å². The lowest BCUT2D eigenvalue weighted by atomic mass is 9.68. The Kier molecular flexibility index (Phi) is 4.54. The van der Waals surface area contributed by atoms with Gasteiger partial charge in [-0.3, -0.25) is 9.80 Å². The van der Waals surface area contributed by atoms with E-state index in [2.05, 4.69) is 34.1 Å². The molecule has 3 heteroatoms. The summed E-state index contributed by atoms with van der Waals surface area (Å²) in [7, 11) is 1.76. The van der Waals surface area contributed by atoms with Crippen molar-refractivity contribution in [3.05, 3.63) is 41.5 Å². The molecule has 0 spiro atoms. The van der Waals surface area contributed by atoms with Gasteiger partial charge in [0, 0.05) is 25.2 Å². The Balaban J connectivity index is 1.40. The van der Waals surface area contributed by atoms with E-state index < -0.39 is 0 Å². The van der Waals surface area contributed by atoms with Crippen LogP contribution in [0.2, 0.25) is 0 Å². The Labute approximate surface area is 158 Å². The molecule has 1 aromatic rings. The minimum atomic E-state index is 0.675. The van der Waals surface area contributed by atoms with Crippen LogP contribution in [0.15, 0.2) is 35.9 Å². The van der Waals surface area contributed by atoms with Crippen molar-refractivity contribution < 1.29 is 4.74 Å². The van der Waals surface area contributed by atoms with Gasteiger partial charge in [0.05, 0.1) is 7.11 Å². The van der Waals surface area contributed by atoms with E-state index in [9.17, 15) is 0 Å². The van der Waals surface area contributed by atoms with Gasteiger partial charge in [0.15, 0.2) is 0 Å². The Bertz CT molecular complexity index is 685. The van der Waals surface area contributed by atoms with E-state index in [1.54, 1.807) is 12.7 Å². The molecule has 2 bridgehead atoms. The van der Waals surface area contributed by atoms with Gasteiger partial charge in [-0.2, -0.15) is 0 Å². The van der Waals surface area contributed by atoms with Crippen LogP contribution in [0.25, 0.3) is 0 Å². The van der Waals surface area contributed by atoms with E-state index in [0.717, 1.165) is 30.2 Å². The summed E-state index contributed by atoms with van der Waals surface area (Å²) in [5.74, 6) is 2.64. The van der Waals surface area contributed by atoms with Crippen molar-refractivity contribution in [2.45, 2.75) is 57.2 Å². The van der Waals surface area contributed by atoms with Crippen LogP contribution in [0.3, 0.4) is 0 Å². The summed E-state index contributed by atoms with van der Waals surface area (Å²) in [6, 6.07) is 10.2. The Morgan fingerprint density at radius 2 is 2.12 bits per heavy atom. The number of ether oxygens (including phenoxy) is 1. The van der Waals surface area contributed by atoms with Crippen molar-refractivity contribution in [3.63, 3.8) is 0 Å². The van der Waals surface area contributed by atoms with Crippen molar-refractivity contribution in [1.29, 1.82) is 0 Å². The Morgan fingerprint density at radius 3 is 3.04 bits per heavy atom. The van der Waals surface area contributed by atoms with E-state index in [1.807, 2.05) is 6.07 Å².